The summed E-state index contributed by atoms with van der Waals surface area (Å²) < 4.78 is 0. The van der Waals surface area contributed by atoms with Gasteiger partial charge in [-0.3, -0.25) is 4.99 Å². The van der Waals surface area contributed by atoms with E-state index in [0.717, 1.165) is 18.4 Å². The van der Waals surface area contributed by atoms with Crippen LogP contribution in [0.1, 0.15) is 30.0 Å². The molecule has 19 heavy (non-hydrogen) atoms. The number of hydrogen-bond donors (Lipinski definition) is 2. The Kier molecular flexibility index (Phi) is 7.27. The van der Waals surface area contributed by atoms with Crippen LogP contribution >= 0.6 is 8.86 Å². The van der Waals surface area contributed by atoms with E-state index >= 15 is 0 Å². The van der Waals surface area contributed by atoms with Crippen LogP contribution < -0.4 is 11.5 Å². The Morgan fingerprint density at radius 2 is 2.16 bits per heavy atom. The van der Waals surface area contributed by atoms with Crippen LogP contribution in [0.15, 0.2) is 28.8 Å². The van der Waals surface area contributed by atoms with Crippen LogP contribution in [0.25, 0.3) is 6.08 Å². The summed E-state index contributed by atoms with van der Waals surface area (Å²) in [4.78, 5) is 4.04. The maximum atomic E-state index is 5.73. The van der Waals surface area contributed by atoms with Gasteiger partial charge >= 0.3 is 0 Å². The second-order valence-corrected chi connectivity index (χ2v) is 4.56. The number of hydrogen-bond acceptors (Lipinski definition) is 3. The van der Waals surface area contributed by atoms with E-state index in [1.807, 2.05) is 5.80 Å². The number of aliphatic imine (C=N–C) groups is 1. The van der Waals surface area contributed by atoms with Crippen LogP contribution in [0, 0.1) is 0 Å². The van der Waals surface area contributed by atoms with Crippen LogP contribution in [0.3, 0.4) is 0 Å². The molecular formula is C15H22N3P. The molecule has 1 aromatic carbocycles. The van der Waals surface area contributed by atoms with Gasteiger partial charge in [0.15, 0.2) is 0 Å². The van der Waals surface area contributed by atoms with Gasteiger partial charge in [0.1, 0.15) is 0 Å². The van der Waals surface area contributed by atoms with Gasteiger partial charge in [0.05, 0.1) is 6.67 Å². The number of nitrogens with two attached hydrogens (primary N) is 2. The van der Waals surface area contributed by atoms with E-state index in [1.54, 1.807) is 6.21 Å². The van der Waals surface area contributed by atoms with E-state index in [1.165, 1.54) is 16.7 Å². The molecule has 0 saturated carbocycles. The highest BCUT2D eigenvalue weighted by Gasteiger charge is 2.01. The molecule has 102 valence electrons. The van der Waals surface area contributed by atoms with Crippen molar-refractivity contribution in [2.45, 2.75) is 19.8 Å². The summed E-state index contributed by atoms with van der Waals surface area (Å²) in [5.74, 6) is 1.92. The number of rotatable bonds is 7. The summed E-state index contributed by atoms with van der Waals surface area (Å²) in [6, 6.07) is 6.38. The van der Waals surface area contributed by atoms with E-state index in [4.69, 9.17) is 11.5 Å². The van der Waals surface area contributed by atoms with E-state index in [9.17, 15) is 0 Å². The Morgan fingerprint density at radius 3 is 2.74 bits per heavy atom. The van der Waals surface area contributed by atoms with E-state index in [2.05, 4.69) is 45.1 Å². The third kappa shape index (κ3) is 5.07. The van der Waals surface area contributed by atoms with Crippen molar-refractivity contribution in [3.63, 3.8) is 0 Å². The van der Waals surface area contributed by atoms with Crippen molar-refractivity contribution in [3.05, 3.63) is 40.5 Å². The smallest absolute Gasteiger partial charge is 0.0859 e. The van der Waals surface area contributed by atoms with Crippen molar-refractivity contribution >= 4 is 27.0 Å². The highest BCUT2D eigenvalue weighted by atomic mass is 31.0. The molecule has 0 aliphatic heterocycles. The Morgan fingerprint density at radius 1 is 1.37 bits per heavy atom. The first-order chi connectivity index (χ1) is 9.24. The first-order valence-corrected chi connectivity index (χ1v) is 7.06. The number of aryl methyl sites for hydroxylation is 1. The van der Waals surface area contributed by atoms with Crippen LogP contribution in [0.5, 0.6) is 0 Å². The molecule has 0 heterocycles. The van der Waals surface area contributed by atoms with Gasteiger partial charge in [-0.1, -0.05) is 31.5 Å². The van der Waals surface area contributed by atoms with Crippen molar-refractivity contribution in [2.75, 3.05) is 13.2 Å². The lowest BCUT2D eigenvalue weighted by Crippen LogP contribution is -2.06. The predicted molar refractivity (Wildman–Crippen MR) is 88.5 cm³/mol. The monoisotopic (exact) mass is 275 g/mol. The molecule has 0 unspecified atom stereocenters. The van der Waals surface area contributed by atoms with E-state index in [0.29, 0.717) is 6.54 Å². The SMILES string of the molecule is CCCc1cc(C=P)ccc1/C=C(\C=NCN)CN. The molecule has 0 aliphatic rings. The molecule has 0 amide bonds. The van der Waals surface area contributed by atoms with Crippen molar-refractivity contribution in [1.82, 2.24) is 0 Å². The minimum atomic E-state index is 0.288. The van der Waals surface area contributed by atoms with Gasteiger partial charge in [-0.05, 0) is 40.6 Å². The third-order valence-electron chi connectivity index (χ3n) is 2.79. The quantitative estimate of drug-likeness (QED) is 0.592. The molecule has 0 spiro atoms. The van der Waals surface area contributed by atoms with Crippen molar-refractivity contribution < 1.29 is 0 Å². The molecule has 1 rings (SSSR count). The summed E-state index contributed by atoms with van der Waals surface area (Å²) >= 11 is 0. The Bertz CT molecular complexity index is 478. The van der Waals surface area contributed by atoms with Gasteiger partial charge in [0, 0.05) is 12.8 Å². The highest BCUT2D eigenvalue weighted by molar-refractivity contribution is 7.19. The van der Waals surface area contributed by atoms with Crippen molar-refractivity contribution in [2.24, 2.45) is 16.5 Å². The van der Waals surface area contributed by atoms with Crippen LogP contribution in [0.4, 0.5) is 0 Å². The maximum Gasteiger partial charge on any atom is 0.0859 e. The summed E-state index contributed by atoms with van der Waals surface area (Å²) in [6.07, 6.45) is 5.99. The highest BCUT2D eigenvalue weighted by Crippen LogP contribution is 2.16. The molecule has 0 aromatic heterocycles. The van der Waals surface area contributed by atoms with Crippen LogP contribution in [-0.4, -0.2) is 25.2 Å². The molecular weight excluding hydrogens is 253 g/mol. The summed E-state index contributed by atoms with van der Waals surface area (Å²) in [5, 5.41) is 0. The zero-order valence-corrected chi connectivity index (χ0v) is 12.4. The predicted octanol–water partition coefficient (Wildman–Crippen LogP) is 2.26. The molecule has 3 nitrogen and oxygen atoms in total. The zero-order chi connectivity index (χ0) is 14.1. The van der Waals surface area contributed by atoms with E-state index in [-0.39, 0.29) is 6.67 Å². The summed E-state index contributed by atoms with van der Waals surface area (Å²) in [5.41, 5.74) is 15.8. The normalized spacial score (nSPS) is 12.1. The van der Waals surface area contributed by atoms with Gasteiger partial charge in [0.25, 0.3) is 0 Å². The van der Waals surface area contributed by atoms with Gasteiger partial charge in [0.2, 0.25) is 0 Å². The lowest BCUT2D eigenvalue weighted by atomic mass is 9.99. The molecule has 4 heteroatoms. The molecule has 4 N–H and O–H groups in total. The number of benzene rings is 1. The molecule has 1 aromatic rings. The first-order valence-electron chi connectivity index (χ1n) is 6.49. The summed E-state index contributed by atoms with van der Waals surface area (Å²) in [7, 11) is 3.42. The lowest BCUT2D eigenvalue weighted by Gasteiger charge is -2.08. The van der Waals surface area contributed by atoms with E-state index < -0.39 is 0 Å². The van der Waals surface area contributed by atoms with Gasteiger partial charge in [-0.2, -0.15) is 0 Å². The van der Waals surface area contributed by atoms with Crippen LogP contribution in [-0.2, 0) is 6.42 Å². The minimum absolute atomic E-state index is 0.288. The van der Waals surface area contributed by atoms with Crippen molar-refractivity contribution in [1.29, 1.82) is 0 Å². The average Bonchev–Trinajstić information content (AvgIpc) is 2.45. The Hall–Kier alpha value is -1.28. The fraction of sp³-hybridized carbons (Fsp3) is 0.333. The second kappa shape index (κ2) is 8.76. The van der Waals surface area contributed by atoms with Gasteiger partial charge < -0.3 is 11.5 Å². The second-order valence-electron chi connectivity index (χ2n) is 4.27. The molecule has 0 bridgehead atoms. The first kappa shape index (κ1) is 15.8. The Balaban J connectivity index is 3.13. The largest absolute Gasteiger partial charge is 0.326 e. The Labute approximate surface area is 117 Å². The molecule has 0 fully saturated rings. The summed E-state index contributed by atoms with van der Waals surface area (Å²) in [6.45, 7) is 2.93. The standard InChI is InChI=1S/C15H22N3P/c1-2-3-14-6-12(10-19)4-5-15(14)7-13(8-16)9-18-11-17/h4-7,9-10,19H,2-3,8,11,16-17H2,1H3/b13-7-,18-9?. The minimum Gasteiger partial charge on any atom is -0.326 e. The van der Waals surface area contributed by atoms with Gasteiger partial charge in [-0.25, -0.2) is 0 Å². The lowest BCUT2D eigenvalue weighted by molar-refractivity contribution is 0.919. The molecule has 0 saturated heterocycles. The topological polar surface area (TPSA) is 64.4 Å². The third-order valence-corrected chi connectivity index (χ3v) is 3.13. The zero-order valence-electron chi connectivity index (χ0n) is 11.4. The average molecular weight is 275 g/mol. The fourth-order valence-electron chi connectivity index (χ4n) is 1.86. The molecule has 0 atom stereocenters. The fourth-order valence-corrected chi connectivity index (χ4v) is 2.04. The number of nitrogens with zero attached hydrogens (tertiary/aromatic N) is 1. The maximum absolute atomic E-state index is 5.73. The van der Waals surface area contributed by atoms with Crippen molar-refractivity contribution in [3.8, 4) is 0 Å². The van der Waals surface area contributed by atoms with Gasteiger partial charge in [-0.15, -0.1) is 8.86 Å². The molecule has 0 aliphatic carbocycles. The molecule has 0 radical (unpaired) electrons. The van der Waals surface area contributed by atoms with Crippen LogP contribution in [0.2, 0.25) is 0 Å².